The molecular weight excluding hydrogens is 421 g/mol. The summed E-state index contributed by atoms with van der Waals surface area (Å²) >= 11 is 0. The van der Waals surface area contributed by atoms with E-state index in [4.69, 9.17) is 13.9 Å². The largest absolute Gasteiger partial charge is 0.543 e. The van der Waals surface area contributed by atoms with Crippen molar-refractivity contribution in [1.29, 1.82) is 0 Å². The van der Waals surface area contributed by atoms with E-state index in [1.54, 1.807) is 19.4 Å². The second-order valence-corrected chi connectivity index (χ2v) is 14.0. The van der Waals surface area contributed by atoms with Crippen LogP contribution >= 0.6 is 0 Å². The predicted octanol–water partition coefficient (Wildman–Crippen LogP) is 7.47. The number of pyridine rings is 1. The molecule has 0 bridgehead atoms. The Bertz CT molecular complexity index is 1080. The second kappa shape index (κ2) is 9.49. The van der Waals surface area contributed by atoms with Crippen LogP contribution in [0.1, 0.15) is 34.1 Å². The van der Waals surface area contributed by atoms with E-state index < -0.39 is 8.32 Å². The zero-order valence-electron chi connectivity index (χ0n) is 20.2. The van der Waals surface area contributed by atoms with Gasteiger partial charge in [-0.3, -0.25) is 4.98 Å². The number of rotatable bonds is 8. The lowest BCUT2D eigenvalue weighted by molar-refractivity contribution is 0.320. The standard InChI is InChI=1S/C26H34FNO3Si/c1-8-15-30-22-14-13-21(27)23-24(22)28-16-20(18-9-11-19(29-5)12-10-18)25(23)31-32(6,7)17-26(2,3)4/h9-14,16H,8,15,17H2,1-7H3. The third-order valence-electron chi connectivity index (χ3n) is 5.08. The molecule has 0 spiro atoms. The average molecular weight is 456 g/mol. The van der Waals surface area contributed by atoms with Gasteiger partial charge in [-0.2, -0.15) is 0 Å². The van der Waals surface area contributed by atoms with Crippen molar-refractivity contribution in [2.24, 2.45) is 5.41 Å². The molecule has 3 rings (SSSR count). The number of ether oxygens (including phenoxy) is 2. The van der Waals surface area contributed by atoms with Gasteiger partial charge in [0, 0.05) is 11.8 Å². The SMILES string of the molecule is CCCOc1ccc(F)c2c(O[Si](C)(C)CC(C)(C)C)c(-c3ccc(OC)cc3)cnc12. The fraction of sp³-hybridized carbons (Fsp3) is 0.423. The van der Waals surface area contributed by atoms with Crippen molar-refractivity contribution in [3.8, 4) is 28.4 Å². The van der Waals surface area contributed by atoms with Crippen LogP contribution in [0.3, 0.4) is 0 Å². The zero-order chi connectivity index (χ0) is 23.5. The van der Waals surface area contributed by atoms with Crippen molar-refractivity contribution in [2.75, 3.05) is 13.7 Å². The lowest BCUT2D eigenvalue weighted by Crippen LogP contribution is -2.38. The summed E-state index contributed by atoms with van der Waals surface area (Å²) in [6.45, 7) is 13.6. The molecule has 2 aromatic carbocycles. The molecule has 0 N–H and O–H groups in total. The van der Waals surface area contributed by atoms with Crippen molar-refractivity contribution in [3.05, 3.63) is 48.4 Å². The molecule has 0 saturated carbocycles. The zero-order valence-corrected chi connectivity index (χ0v) is 21.2. The minimum atomic E-state index is -2.20. The summed E-state index contributed by atoms with van der Waals surface area (Å²) in [6, 6.07) is 11.7. The van der Waals surface area contributed by atoms with Crippen LogP contribution in [0.5, 0.6) is 17.2 Å². The summed E-state index contributed by atoms with van der Waals surface area (Å²) in [7, 11) is -0.571. The number of fused-ring (bicyclic) bond motifs is 1. The summed E-state index contributed by atoms with van der Waals surface area (Å²) in [5.41, 5.74) is 2.26. The fourth-order valence-corrected chi connectivity index (χ4v) is 7.61. The minimum absolute atomic E-state index is 0.104. The van der Waals surface area contributed by atoms with Gasteiger partial charge in [0.1, 0.15) is 28.6 Å². The monoisotopic (exact) mass is 455 g/mol. The second-order valence-electron chi connectivity index (χ2n) is 9.95. The van der Waals surface area contributed by atoms with Gasteiger partial charge >= 0.3 is 0 Å². The van der Waals surface area contributed by atoms with Crippen molar-refractivity contribution in [1.82, 2.24) is 4.98 Å². The molecule has 0 amide bonds. The van der Waals surface area contributed by atoms with Gasteiger partial charge in [0.15, 0.2) is 0 Å². The predicted molar refractivity (Wildman–Crippen MR) is 132 cm³/mol. The maximum absolute atomic E-state index is 15.3. The summed E-state index contributed by atoms with van der Waals surface area (Å²) in [5.74, 6) is 1.52. The molecule has 6 heteroatoms. The number of hydrogen-bond donors (Lipinski definition) is 0. The van der Waals surface area contributed by atoms with Crippen LogP contribution in [0, 0.1) is 11.2 Å². The summed E-state index contributed by atoms with van der Waals surface area (Å²) in [4.78, 5) is 4.62. The highest BCUT2D eigenvalue weighted by atomic mass is 28.4. The summed E-state index contributed by atoms with van der Waals surface area (Å²) < 4.78 is 33.2. The molecule has 0 aliphatic carbocycles. The fourth-order valence-electron chi connectivity index (χ4n) is 4.21. The van der Waals surface area contributed by atoms with Crippen molar-refractivity contribution < 1.29 is 18.3 Å². The van der Waals surface area contributed by atoms with Crippen LogP contribution in [-0.2, 0) is 0 Å². The van der Waals surface area contributed by atoms with Gasteiger partial charge < -0.3 is 13.9 Å². The first kappa shape index (κ1) is 24.0. The molecule has 0 aliphatic heterocycles. The van der Waals surface area contributed by atoms with Gasteiger partial charge in [0.2, 0.25) is 8.32 Å². The molecule has 32 heavy (non-hydrogen) atoms. The maximum Gasteiger partial charge on any atom is 0.245 e. The summed E-state index contributed by atoms with van der Waals surface area (Å²) in [5, 5.41) is 0.376. The third-order valence-corrected chi connectivity index (χ3v) is 7.75. The molecular formula is C26H34FNO3Si. The third kappa shape index (κ3) is 5.60. The first-order valence-corrected chi connectivity index (χ1v) is 14.2. The van der Waals surface area contributed by atoms with Crippen LogP contribution in [0.15, 0.2) is 42.6 Å². The molecule has 4 nitrogen and oxygen atoms in total. The molecule has 172 valence electrons. The van der Waals surface area contributed by atoms with Crippen LogP contribution in [0.4, 0.5) is 4.39 Å². The van der Waals surface area contributed by atoms with E-state index in [1.165, 1.54) is 6.07 Å². The van der Waals surface area contributed by atoms with E-state index in [0.29, 0.717) is 29.0 Å². The average Bonchev–Trinajstić information content (AvgIpc) is 2.71. The summed E-state index contributed by atoms with van der Waals surface area (Å²) in [6.07, 6.45) is 2.62. The first-order chi connectivity index (χ1) is 15.0. The molecule has 0 atom stereocenters. The van der Waals surface area contributed by atoms with E-state index in [0.717, 1.165) is 29.3 Å². The van der Waals surface area contributed by atoms with Gasteiger partial charge in [-0.25, -0.2) is 4.39 Å². The van der Waals surface area contributed by atoms with Gasteiger partial charge in [0.25, 0.3) is 0 Å². The van der Waals surface area contributed by atoms with Crippen LogP contribution in [0.2, 0.25) is 19.1 Å². The topological polar surface area (TPSA) is 40.6 Å². The van der Waals surface area contributed by atoms with Gasteiger partial charge in [-0.05, 0) is 60.8 Å². The molecule has 1 aromatic heterocycles. The Labute approximate surface area is 191 Å². The Balaban J connectivity index is 2.23. The molecule has 1 heterocycles. The Morgan fingerprint density at radius 2 is 1.72 bits per heavy atom. The highest BCUT2D eigenvalue weighted by molar-refractivity contribution is 6.72. The first-order valence-electron chi connectivity index (χ1n) is 11.1. The Kier molecular flexibility index (Phi) is 7.13. The number of aromatic nitrogens is 1. The van der Waals surface area contributed by atoms with Crippen LogP contribution in [-0.4, -0.2) is 27.0 Å². The Hall–Kier alpha value is -2.60. The highest BCUT2D eigenvalue weighted by Gasteiger charge is 2.33. The maximum atomic E-state index is 15.3. The van der Waals surface area contributed by atoms with Crippen molar-refractivity contribution in [3.63, 3.8) is 0 Å². The van der Waals surface area contributed by atoms with Crippen molar-refractivity contribution >= 4 is 19.2 Å². The molecule has 0 saturated heterocycles. The van der Waals surface area contributed by atoms with Gasteiger partial charge in [0.05, 0.1) is 19.1 Å². The van der Waals surface area contributed by atoms with Gasteiger partial charge in [-0.15, -0.1) is 0 Å². The Morgan fingerprint density at radius 1 is 1.03 bits per heavy atom. The number of benzene rings is 2. The minimum Gasteiger partial charge on any atom is -0.543 e. The molecule has 0 unspecified atom stereocenters. The number of methoxy groups -OCH3 is 1. The molecule has 0 aliphatic rings. The van der Waals surface area contributed by atoms with Crippen LogP contribution in [0.25, 0.3) is 22.0 Å². The number of hydrogen-bond acceptors (Lipinski definition) is 4. The highest BCUT2D eigenvalue weighted by Crippen LogP contribution is 2.42. The van der Waals surface area contributed by atoms with Gasteiger partial charge in [-0.1, -0.05) is 39.8 Å². The van der Waals surface area contributed by atoms with Crippen LogP contribution < -0.4 is 13.9 Å². The van der Waals surface area contributed by atoms with E-state index in [2.05, 4.69) is 38.8 Å². The van der Waals surface area contributed by atoms with E-state index >= 15 is 4.39 Å². The normalized spacial score (nSPS) is 12.1. The van der Waals surface area contributed by atoms with E-state index in [-0.39, 0.29) is 11.2 Å². The lowest BCUT2D eigenvalue weighted by atomic mass is 10.0. The smallest absolute Gasteiger partial charge is 0.245 e. The van der Waals surface area contributed by atoms with Crippen molar-refractivity contribution in [2.45, 2.75) is 53.3 Å². The molecule has 0 fully saturated rings. The lowest BCUT2D eigenvalue weighted by Gasteiger charge is -2.32. The quantitative estimate of drug-likeness (QED) is 0.330. The Morgan fingerprint density at radius 3 is 2.31 bits per heavy atom. The number of nitrogens with zero attached hydrogens (tertiary/aromatic N) is 1. The van der Waals surface area contributed by atoms with E-state index in [1.807, 2.05) is 31.2 Å². The molecule has 0 radical (unpaired) electrons. The van der Waals surface area contributed by atoms with E-state index in [9.17, 15) is 0 Å². The number of halogens is 1. The molecule has 3 aromatic rings.